The molecular weight excluding hydrogens is 166 g/mol. The molecule has 1 aromatic heterocycles. The van der Waals surface area contributed by atoms with Crippen LogP contribution < -0.4 is 16.2 Å². The summed E-state index contributed by atoms with van der Waals surface area (Å²) >= 11 is 0. The monoisotopic (exact) mass is 181 g/mol. The number of hydrogen-bond acceptors (Lipinski definition) is 3. The van der Waals surface area contributed by atoms with E-state index in [1.165, 1.54) is 6.07 Å². The molecule has 0 radical (unpaired) electrons. The van der Waals surface area contributed by atoms with E-state index in [-0.39, 0.29) is 5.56 Å². The Morgan fingerprint density at radius 2 is 2.23 bits per heavy atom. The molecule has 0 unspecified atom stereocenters. The molecule has 0 bridgehead atoms. The lowest BCUT2D eigenvalue weighted by Crippen LogP contribution is -2.25. The largest absolute Gasteiger partial charge is 0.325 e. The molecule has 4 nitrogen and oxygen atoms in total. The number of nitrogens with one attached hydrogen (secondary N) is 3. The van der Waals surface area contributed by atoms with Gasteiger partial charge in [0.1, 0.15) is 0 Å². The first-order chi connectivity index (χ1) is 6.33. The molecule has 1 heterocycles. The minimum Gasteiger partial charge on any atom is -0.325 e. The van der Waals surface area contributed by atoms with Crippen LogP contribution in [0.25, 0.3) is 0 Å². The molecule has 1 rings (SSSR count). The second-order valence-electron chi connectivity index (χ2n) is 2.82. The van der Waals surface area contributed by atoms with Crippen molar-refractivity contribution in [3.63, 3.8) is 0 Å². The van der Waals surface area contributed by atoms with Crippen molar-refractivity contribution in [2.75, 3.05) is 20.1 Å². The van der Waals surface area contributed by atoms with Crippen LogP contribution in [0.2, 0.25) is 0 Å². The van der Waals surface area contributed by atoms with E-state index in [1.807, 2.05) is 13.1 Å². The molecule has 0 aromatic carbocycles. The van der Waals surface area contributed by atoms with Gasteiger partial charge in [0, 0.05) is 31.4 Å². The Morgan fingerprint density at radius 1 is 1.38 bits per heavy atom. The van der Waals surface area contributed by atoms with Crippen LogP contribution in [0.4, 0.5) is 0 Å². The zero-order chi connectivity index (χ0) is 9.52. The van der Waals surface area contributed by atoms with E-state index in [2.05, 4.69) is 15.6 Å². The molecule has 0 spiro atoms. The summed E-state index contributed by atoms with van der Waals surface area (Å²) in [5, 5.41) is 6.23. The molecule has 1 aromatic rings. The van der Waals surface area contributed by atoms with Crippen molar-refractivity contribution in [1.82, 2.24) is 15.6 Å². The van der Waals surface area contributed by atoms with Crippen molar-refractivity contribution < 1.29 is 0 Å². The summed E-state index contributed by atoms with van der Waals surface area (Å²) in [6, 6.07) is 5.17. The van der Waals surface area contributed by atoms with Crippen LogP contribution in [-0.2, 0) is 6.54 Å². The van der Waals surface area contributed by atoms with Crippen molar-refractivity contribution in [2.45, 2.75) is 6.54 Å². The molecule has 13 heavy (non-hydrogen) atoms. The highest BCUT2D eigenvalue weighted by Gasteiger charge is 1.91. The van der Waals surface area contributed by atoms with Gasteiger partial charge in [-0.1, -0.05) is 6.07 Å². The van der Waals surface area contributed by atoms with Gasteiger partial charge in [0.25, 0.3) is 0 Å². The molecular formula is C9H15N3O. The van der Waals surface area contributed by atoms with Crippen LogP contribution in [-0.4, -0.2) is 25.1 Å². The Balaban J connectivity index is 2.33. The predicted molar refractivity (Wildman–Crippen MR) is 52.7 cm³/mol. The number of H-pyrrole nitrogens is 1. The lowest BCUT2D eigenvalue weighted by molar-refractivity contribution is 0.641. The molecule has 4 heteroatoms. The fourth-order valence-electron chi connectivity index (χ4n) is 1.03. The van der Waals surface area contributed by atoms with E-state index in [0.29, 0.717) is 6.54 Å². The summed E-state index contributed by atoms with van der Waals surface area (Å²) in [6.45, 7) is 2.53. The third-order valence-electron chi connectivity index (χ3n) is 1.70. The lowest BCUT2D eigenvalue weighted by Gasteiger charge is -2.03. The van der Waals surface area contributed by atoms with Crippen molar-refractivity contribution in [3.05, 3.63) is 34.2 Å². The number of rotatable bonds is 5. The highest BCUT2D eigenvalue weighted by molar-refractivity contribution is 5.03. The third kappa shape index (κ3) is 3.87. The normalized spacial score (nSPS) is 10.2. The van der Waals surface area contributed by atoms with Crippen LogP contribution in [0, 0.1) is 0 Å². The van der Waals surface area contributed by atoms with Gasteiger partial charge in [0.15, 0.2) is 0 Å². The van der Waals surface area contributed by atoms with Crippen LogP contribution in [0.15, 0.2) is 23.0 Å². The number of pyridine rings is 1. The zero-order valence-corrected chi connectivity index (χ0v) is 7.76. The first-order valence-corrected chi connectivity index (χ1v) is 4.36. The molecule has 0 aliphatic rings. The summed E-state index contributed by atoms with van der Waals surface area (Å²) in [4.78, 5) is 13.6. The molecule has 3 N–H and O–H groups in total. The summed E-state index contributed by atoms with van der Waals surface area (Å²) in [7, 11) is 1.91. The minimum absolute atomic E-state index is 0.0482. The quantitative estimate of drug-likeness (QED) is 0.546. The zero-order valence-electron chi connectivity index (χ0n) is 7.76. The van der Waals surface area contributed by atoms with Crippen molar-refractivity contribution >= 4 is 0 Å². The first-order valence-electron chi connectivity index (χ1n) is 4.36. The SMILES string of the molecule is CNCCNCc1cccc(=O)[nH]1. The maximum absolute atomic E-state index is 10.9. The van der Waals surface area contributed by atoms with Crippen LogP contribution >= 0.6 is 0 Å². The number of hydrogen-bond donors (Lipinski definition) is 3. The standard InChI is InChI=1S/C9H15N3O/c1-10-5-6-11-7-8-3-2-4-9(13)12-8/h2-4,10-11H,5-7H2,1H3,(H,12,13). The minimum atomic E-state index is -0.0482. The number of likely N-dealkylation sites (N-methyl/N-ethyl adjacent to an activating group) is 1. The molecule has 0 saturated heterocycles. The van der Waals surface area contributed by atoms with E-state index in [4.69, 9.17) is 0 Å². The maximum atomic E-state index is 10.9. The van der Waals surface area contributed by atoms with Gasteiger partial charge in [0.05, 0.1) is 0 Å². The molecule has 72 valence electrons. The third-order valence-corrected chi connectivity index (χ3v) is 1.70. The van der Waals surface area contributed by atoms with Gasteiger partial charge >= 0.3 is 0 Å². The van der Waals surface area contributed by atoms with Gasteiger partial charge in [-0.05, 0) is 13.1 Å². The average Bonchev–Trinajstić information content (AvgIpc) is 2.13. The van der Waals surface area contributed by atoms with Gasteiger partial charge < -0.3 is 15.6 Å². The van der Waals surface area contributed by atoms with Crippen molar-refractivity contribution in [1.29, 1.82) is 0 Å². The number of aromatic nitrogens is 1. The predicted octanol–water partition coefficient (Wildman–Crippen LogP) is -0.316. The van der Waals surface area contributed by atoms with Crippen LogP contribution in [0.1, 0.15) is 5.69 Å². The van der Waals surface area contributed by atoms with E-state index < -0.39 is 0 Å². The maximum Gasteiger partial charge on any atom is 0.248 e. The highest BCUT2D eigenvalue weighted by atomic mass is 16.1. The molecule has 0 atom stereocenters. The van der Waals surface area contributed by atoms with Gasteiger partial charge in [-0.2, -0.15) is 0 Å². The van der Waals surface area contributed by atoms with Crippen LogP contribution in [0.3, 0.4) is 0 Å². The Bertz CT molecular complexity index is 295. The average molecular weight is 181 g/mol. The molecule has 0 fully saturated rings. The van der Waals surface area contributed by atoms with Gasteiger partial charge in [-0.3, -0.25) is 4.79 Å². The second kappa shape index (κ2) is 5.50. The van der Waals surface area contributed by atoms with Gasteiger partial charge in [0.2, 0.25) is 5.56 Å². The van der Waals surface area contributed by atoms with E-state index in [0.717, 1.165) is 18.8 Å². The molecule has 0 saturated carbocycles. The molecule has 0 aliphatic carbocycles. The van der Waals surface area contributed by atoms with Crippen LogP contribution in [0.5, 0.6) is 0 Å². The fraction of sp³-hybridized carbons (Fsp3) is 0.444. The van der Waals surface area contributed by atoms with E-state index in [9.17, 15) is 4.79 Å². The van der Waals surface area contributed by atoms with Crippen molar-refractivity contribution in [2.24, 2.45) is 0 Å². The Morgan fingerprint density at radius 3 is 2.92 bits per heavy atom. The first kappa shape index (κ1) is 9.95. The number of aromatic amines is 1. The highest BCUT2D eigenvalue weighted by Crippen LogP contribution is 1.87. The lowest BCUT2D eigenvalue weighted by atomic mass is 10.3. The summed E-state index contributed by atoms with van der Waals surface area (Å²) < 4.78 is 0. The summed E-state index contributed by atoms with van der Waals surface area (Å²) in [5.41, 5.74) is 0.872. The van der Waals surface area contributed by atoms with Gasteiger partial charge in [-0.15, -0.1) is 0 Å². The molecule has 0 amide bonds. The molecule has 0 aliphatic heterocycles. The van der Waals surface area contributed by atoms with E-state index in [1.54, 1.807) is 6.07 Å². The topological polar surface area (TPSA) is 56.9 Å². The fourth-order valence-corrected chi connectivity index (χ4v) is 1.03. The van der Waals surface area contributed by atoms with Crippen molar-refractivity contribution in [3.8, 4) is 0 Å². The Labute approximate surface area is 77.4 Å². The van der Waals surface area contributed by atoms with Gasteiger partial charge in [-0.25, -0.2) is 0 Å². The summed E-state index contributed by atoms with van der Waals surface area (Å²) in [6.07, 6.45) is 0. The van der Waals surface area contributed by atoms with E-state index >= 15 is 0 Å². The Kier molecular flexibility index (Phi) is 4.21. The Hall–Kier alpha value is -1.13. The second-order valence-corrected chi connectivity index (χ2v) is 2.82. The smallest absolute Gasteiger partial charge is 0.248 e. The summed E-state index contributed by atoms with van der Waals surface area (Å²) in [5.74, 6) is 0.